The lowest BCUT2D eigenvalue weighted by Crippen LogP contribution is -2.65. The number of ketones is 1. The van der Waals surface area contributed by atoms with E-state index in [1.165, 1.54) is 0 Å². The van der Waals surface area contributed by atoms with Gasteiger partial charge in [-0.15, -0.1) is 0 Å². The van der Waals surface area contributed by atoms with Gasteiger partial charge in [0, 0.05) is 25.9 Å². The number of carbonyl (C=O) groups is 1. The number of ether oxygens (including phenoxy) is 8. The van der Waals surface area contributed by atoms with E-state index in [1.54, 1.807) is 14.0 Å². The molecule has 9 rings (SSSR count). The molecule has 0 amide bonds. The molecule has 0 aromatic heterocycles. The lowest BCUT2D eigenvalue weighted by Gasteiger charge is -2.63. The highest BCUT2D eigenvalue weighted by Crippen LogP contribution is 2.90. The van der Waals surface area contributed by atoms with Crippen molar-refractivity contribution in [2.75, 3.05) is 26.9 Å². The van der Waals surface area contributed by atoms with E-state index >= 15 is 0 Å². The summed E-state index contributed by atoms with van der Waals surface area (Å²) in [5.74, 6) is -0.654. The average molecular weight is 975 g/mol. The second kappa shape index (κ2) is 18.1. The van der Waals surface area contributed by atoms with Gasteiger partial charge in [-0.05, 0) is 96.7 Å². The van der Waals surface area contributed by atoms with Crippen LogP contribution < -0.4 is 0 Å². The zero-order valence-electron chi connectivity index (χ0n) is 40.3. The summed E-state index contributed by atoms with van der Waals surface area (Å²) < 4.78 is 49.3. The minimum absolute atomic E-state index is 0.0138. The largest absolute Gasteiger partial charge is 0.394 e. The number of carbonyl (C=O) groups excluding carboxylic acids is 1. The molecule has 11 N–H and O–H groups in total. The molecular formula is C48H78O20. The first-order chi connectivity index (χ1) is 32.0. The van der Waals surface area contributed by atoms with Crippen molar-refractivity contribution in [3.05, 3.63) is 0 Å². The van der Waals surface area contributed by atoms with Gasteiger partial charge in [0.15, 0.2) is 30.4 Å². The number of methoxy groups -OCH3 is 1. The van der Waals surface area contributed by atoms with Crippen LogP contribution in [-0.2, 0) is 42.7 Å². The van der Waals surface area contributed by atoms with E-state index in [2.05, 4.69) is 34.6 Å². The molecule has 0 aromatic carbocycles. The number of fused-ring (bicyclic) bond motifs is 4. The highest BCUT2D eigenvalue weighted by atomic mass is 16.8. The average Bonchev–Trinajstić information content (AvgIpc) is 3.83. The van der Waals surface area contributed by atoms with Crippen molar-refractivity contribution in [1.29, 1.82) is 0 Å². The van der Waals surface area contributed by atoms with E-state index < -0.39 is 141 Å². The molecule has 27 atom stereocenters. The van der Waals surface area contributed by atoms with Gasteiger partial charge in [0.05, 0.1) is 32.0 Å². The van der Waals surface area contributed by atoms with Crippen LogP contribution in [0.15, 0.2) is 0 Å². The maximum atomic E-state index is 13.8. The van der Waals surface area contributed by atoms with Crippen LogP contribution in [-0.4, -0.2) is 205 Å². The normalized spacial score (nSPS) is 56.4. The Labute approximate surface area is 397 Å². The zero-order chi connectivity index (χ0) is 49.4. The van der Waals surface area contributed by atoms with Crippen LogP contribution in [0.5, 0.6) is 0 Å². The van der Waals surface area contributed by atoms with Crippen LogP contribution in [0.1, 0.15) is 99.3 Å². The summed E-state index contributed by atoms with van der Waals surface area (Å²) in [7, 11) is 1.70. The Balaban J connectivity index is 0.892. The van der Waals surface area contributed by atoms with E-state index in [1.807, 2.05) is 0 Å². The molecular weight excluding hydrogens is 897 g/mol. The van der Waals surface area contributed by atoms with Crippen molar-refractivity contribution >= 4 is 5.78 Å². The molecule has 390 valence electrons. The molecule has 68 heavy (non-hydrogen) atoms. The summed E-state index contributed by atoms with van der Waals surface area (Å²) in [5, 5.41) is 114. The molecule has 4 saturated heterocycles. The third-order valence-electron chi connectivity index (χ3n) is 20.2. The van der Waals surface area contributed by atoms with Gasteiger partial charge in [0.1, 0.15) is 79.4 Å². The van der Waals surface area contributed by atoms with Crippen molar-refractivity contribution in [3.63, 3.8) is 0 Å². The maximum absolute atomic E-state index is 13.8. The molecule has 0 aromatic rings. The highest BCUT2D eigenvalue weighted by molar-refractivity contribution is 5.83. The molecule has 5 aliphatic carbocycles. The second-order valence-corrected chi connectivity index (χ2v) is 23.3. The molecule has 20 heteroatoms. The summed E-state index contributed by atoms with van der Waals surface area (Å²) in [6.45, 7) is 11.0. The van der Waals surface area contributed by atoms with Crippen molar-refractivity contribution in [2.24, 2.45) is 50.7 Å². The summed E-state index contributed by atoms with van der Waals surface area (Å²) in [4.78, 5) is 13.8. The first-order valence-electron chi connectivity index (χ1n) is 24.9. The summed E-state index contributed by atoms with van der Waals surface area (Å²) in [6.07, 6.45) is -17.5. The molecule has 2 spiro atoms. The Kier molecular flexibility index (Phi) is 13.8. The number of Topliss-reactive ketones (excluding diaryl/α,β-unsaturated/α-hetero) is 1. The number of aliphatic hydroxyl groups is 11. The van der Waals surface area contributed by atoms with Crippen LogP contribution >= 0.6 is 0 Å². The van der Waals surface area contributed by atoms with E-state index in [-0.39, 0.29) is 51.6 Å². The lowest BCUT2D eigenvalue weighted by molar-refractivity contribution is -0.377. The number of hydrogen-bond acceptors (Lipinski definition) is 20. The fourth-order valence-corrected chi connectivity index (χ4v) is 16.5. The first-order valence-corrected chi connectivity index (χ1v) is 24.9. The summed E-state index contributed by atoms with van der Waals surface area (Å²) >= 11 is 0. The topological polar surface area (TPSA) is 313 Å². The van der Waals surface area contributed by atoms with Crippen molar-refractivity contribution in [2.45, 2.75) is 216 Å². The maximum Gasteiger partial charge on any atom is 0.187 e. The first kappa shape index (κ1) is 51.8. The molecule has 4 unspecified atom stereocenters. The summed E-state index contributed by atoms with van der Waals surface area (Å²) in [6, 6.07) is 0. The van der Waals surface area contributed by atoms with Gasteiger partial charge in [-0.3, -0.25) is 4.79 Å². The van der Waals surface area contributed by atoms with Crippen LogP contribution in [0.2, 0.25) is 0 Å². The summed E-state index contributed by atoms with van der Waals surface area (Å²) in [5.41, 5.74) is -0.648. The van der Waals surface area contributed by atoms with Crippen LogP contribution in [0.25, 0.3) is 0 Å². The molecule has 20 nitrogen and oxygen atoms in total. The predicted octanol–water partition coefficient (Wildman–Crippen LogP) is -1.41. The van der Waals surface area contributed by atoms with Gasteiger partial charge in [0.2, 0.25) is 0 Å². The quantitative estimate of drug-likeness (QED) is 0.0945. The fraction of sp³-hybridized carbons (Fsp3) is 0.979. The Bertz CT molecular complexity index is 1840. The van der Waals surface area contributed by atoms with Gasteiger partial charge in [-0.25, -0.2) is 0 Å². The lowest BCUT2D eigenvalue weighted by atomic mass is 9.41. The van der Waals surface area contributed by atoms with Crippen LogP contribution in [0, 0.1) is 50.7 Å². The standard InChI is InChI=1S/C48H78O20/c1-20-23(14-22(52)21(2)62-40-36(59)33(56)30(53)24(15-49)63-40)68-48(61-7)18-45(6)28-9-8-27-43(3,4)29(10-11-46(27)19-47(28,46)13-12-44(45,5)39(20)48)66-42-38(35(58)32(55)26(17-51)65-42)67-41-37(60)34(57)31(54)25(16-50)64-41/h20-21,23-42,49-51,53-60H,8-19H2,1-7H3/t20-,21?,23+,24-,25-,26-,27?,28?,29+,30-,31-,32-,33+,34+,35+,36-,37-,38-,39?,40-,41+,42+,44-,45+,46-,47+,48+/m1/s1. The Morgan fingerprint density at radius 2 is 1.16 bits per heavy atom. The van der Waals surface area contributed by atoms with Gasteiger partial charge in [-0.1, -0.05) is 34.6 Å². The minimum Gasteiger partial charge on any atom is -0.394 e. The van der Waals surface area contributed by atoms with Gasteiger partial charge in [-0.2, -0.15) is 0 Å². The molecule has 4 heterocycles. The molecule has 5 saturated carbocycles. The number of rotatable bonds is 13. The van der Waals surface area contributed by atoms with Crippen molar-refractivity contribution in [3.8, 4) is 0 Å². The van der Waals surface area contributed by atoms with Gasteiger partial charge < -0.3 is 94.1 Å². The Hall–Kier alpha value is -1.09. The molecule has 0 radical (unpaired) electrons. The van der Waals surface area contributed by atoms with E-state index in [0.29, 0.717) is 18.8 Å². The van der Waals surface area contributed by atoms with E-state index in [0.717, 1.165) is 38.5 Å². The van der Waals surface area contributed by atoms with Crippen molar-refractivity contribution < 1.29 is 98.9 Å². The molecule has 0 bridgehead atoms. The Morgan fingerprint density at radius 3 is 1.76 bits per heavy atom. The third-order valence-corrected chi connectivity index (χ3v) is 20.2. The number of hydrogen-bond donors (Lipinski definition) is 11. The second-order valence-electron chi connectivity index (χ2n) is 23.3. The van der Waals surface area contributed by atoms with Crippen molar-refractivity contribution in [1.82, 2.24) is 0 Å². The zero-order valence-corrected chi connectivity index (χ0v) is 40.3. The highest BCUT2D eigenvalue weighted by Gasteiger charge is 2.85. The number of aliphatic hydroxyl groups excluding tert-OH is 11. The van der Waals surface area contributed by atoms with Gasteiger partial charge in [0.25, 0.3) is 0 Å². The Morgan fingerprint density at radius 1 is 0.618 bits per heavy atom. The van der Waals surface area contributed by atoms with Crippen LogP contribution in [0.4, 0.5) is 0 Å². The van der Waals surface area contributed by atoms with E-state index in [9.17, 15) is 61.0 Å². The van der Waals surface area contributed by atoms with E-state index in [4.69, 9.17) is 37.9 Å². The fourth-order valence-electron chi connectivity index (χ4n) is 16.5. The van der Waals surface area contributed by atoms with Crippen LogP contribution in [0.3, 0.4) is 0 Å². The minimum atomic E-state index is -1.77. The molecule has 4 aliphatic heterocycles. The molecule has 9 fully saturated rings. The SMILES string of the molecule is CO[C@]12C[C@@]3(C)C4CCC5C(C)(C)[C@@H](O[C@@H]6O[C@H](CO)[C@@H](O)[C@H](O)[C@H]6O[C@@H]6O[C@H](CO)[C@@H](O)[C@H](O)[C@H]6O)CC[C@@]56C[C@@]46CC[C@]3(C)C1[C@H](C)[C@H](CC(=O)C(C)O[C@@H]1O[C@H](CO)[C@@H](O)[C@H](O)[C@H]1O)O2. The monoisotopic (exact) mass is 975 g/mol. The third kappa shape index (κ3) is 7.43. The molecule has 9 aliphatic rings. The van der Waals surface area contributed by atoms with Gasteiger partial charge >= 0.3 is 0 Å². The predicted molar refractivity (Wildman–Crippen MR) is 231 cm³/mol. The smallest absolute Gasteiger partial charge is 0.187 e.